The molecule has 0 radical (unpaired) electrons. The van der Waals surface area contributed by atoms with Crippen molar-refractivity contribution in [2.45, 2.75) is 6.04 Å². The minimum absolute atomic E-state index is 0.0318. The largest absolute Gasteiger partial charge is 0.479 e. The van der Waals surface area contributed by atoms with Crippen LogP contribution in [0, 0.1) is 10.1 Å². The molecular weight excluding hydrogens is 452 g/mol. The molecule has 0 unspecified atom stereocenters. The Labute approximate surface area is 191 Å². The topological polar surface area (TPSA) is 114 Å². The zero-order chi connectivity index (χ0) is 22.8. The van der Waals surface area contributed by atoms with Crippen LogP contribution in [0.2, 0.25) is 0 Å². The van der Waals surface area contributed by atoms with E-state index in [1.54, 1.807) is 54.6 Å². The standard InChI is InChI=1S/C22H14N2O6S2/c25-20-18(32-22(31)23(20)19(21(26)27)14-4-2-1-3-5-14)12-16-10-11-17(30-16)13-6-8-15(9-7-13)24(28)29/h1-12,19H,(H,26,27)/b18-12-/t19-/m1/s1. The number of nitrogens with zero attached hydrogens (tertiary/aromatic N) is 2. The van der Waals surface area contributed by atoms with Crippen LogP contribution < -0.4 is 0 Å². The summed E-state index contributed by atoms with van der Waals surface area (Å²) < 4.78 is 5.89. The molecule has 0 saturated carbocycles. The van der Waals surface area contributed by atoms with Gasteiger partial charge in [-0.25, -0.2) is 4.79 Å². The monoisotopic (exact) mass is 466 g/mol. The van der Waals surface area contributed by atoms with Crippen molar-refractivity contribution >= 4 is 51.9 Å². The molecule has 1 aromatic heterocycles. The maximum Gasteiger partial charge on any atom is 0.331 e. The number of hydrogen-bond donors (Lipinski definition) is 1. The highest BCUT2D eigenvalue weighted by atomic mass is 32.2. The van der Waals surface area contributed by atoms with Crippen LogP contribution in [0.3, 0.4) is 0 Å². The molecule has 160 valence electrons. The van der Waals surface area contributed by atoms with Gasteiger partial charge in [0.15, 0.2) is 6.04 Å². The zero-order valence-electron chi connectivity index (χ0n) is 16.2. The molecule has 8 nitrogen and oxygen atoms in total. The summed E-state index contributed by atoms with van der Waals surface area (Å²) >= 11 is 6.30. The van der Waals surface area contributed by atoms with Crippen molar-refractivity contribution in [1.29, 1.82) is 0 Å². The van der Waals surface area contributed by atoms with Crippen molar-refractivity contribution in [2.75, 3.05) is 0 Å². The Hall–Kier alpha value is -3.76. The van der Waals surface area contributed by atoms with E-state index < -0.39 is 22.8 Å². The van der Waals surface area contributed by atoms with Crippen molar-refractivity contribution in [3.05, 3.63) is 93.1 Å². The van der Waals surface area contributed by atoms with Crippen LogP contribution in [0.25, 0.3) is 17.4 Å². The molecular formula is C22H14N2O6S2. The van der Waals surface area contributed by atoms with Gasteiger partial charge in [0.05, 0.1) is 9.83 Å². The molecule has 2 heterocycles. The van der Waals surface area contributed by atoms with E-state index in [0.717, 1.165) is 16.7 Å². The van der Waals surface area contributed by atoms with Crippen LogP contribution in [0.4, 0.5) is 5.69 Å². The summed E-state index contributed by atoms with van der Waals surface area (Å²) in [7, 11) is 0. The summed E-state index contributed by atoms with van der Waals surface area (Å²) in [5.74, 6) is -0.878. The minimum atomic E-state index is -1.23. The second kappa shape index (κ2) is 8.77. The maximum atomic E-state index is 13.0. The quantitative estimate of drug-likeness (QED) is 0.237. The van der Waals surface area contributed by atoms with E-state index in [2.05, 4.69) is 0 Å². The summed E-state index contributed by atoms with van der Waals surface area (Å²) in [5.41, 5.74) is 1.05. The molecule has 0 bridgehead atoms. The summed E-state index contributed by atoms with van der Waals surface area (Å²) in [6.45, 7) is 0. The van der Waals surface area contributed by atoms with Crippen LogP contribution in [0.15, 0.2) is 76.1 Å². The first kappa shape index (κ1) is 21.5. The lowest BCUT2D eigenvalue weighted by molar-refractivity contribution is -0.384. The first-order valence-electron chi connectivity index (χ1n) is 9.24. The van der Waals surface area contributed by atoms with Crippen LogP contribution >= 0.6 is 24.0 Å². The van der Waals surface area contributed by atoms with Gasteiger partial charge in [0.25, 0.3) is 11.6 Å². The molecule has 4 rings (SSSR count). The molecule has 1 fully saturated rings. The number of benzene rings is 2. The fourth-order valence-electron chi connectivity index (χ4n) is 3.20. The molecule has 32 heavy (non-hydrogen) atoms. The number of carboxylic acid groups (broad SMARTS) is 1. The van der Waals surface area contributed by atoms with Crippen molar-refractivity contribution in [2.24, 2.45) is 0 Å². The van der Waals surface area contributed by atoms with E-state index >= 15 is 0 Å². The van der Waals surface area contributed by atoms with Gasteiger partial charge in [-0.2, -0.15) is 0 Å². The Kier molecular flexibility index (Phi) is 5.89. The van der Waals surface area contributed by atoms with Crippen LogP contribution in [0.5, 0.6) is 0 Å². The smallest absolute Gasteiger partial charge is 0.331 e. The van der Waals surface area contributed by atoms with Gasteiger partial charge in [-0.05, 0) is 29.8 Å². The van der Waals surface area contributed by atoms with Gasteiger partial charge >= 0.3 is 5.97 Å². The molecule has 1 N–H and O–H groups in total. The molecule has 0 spiro atoms. The average molecular weight is 466 g/mol. The van der Waals surface area contributed by atoms with E-state index in [9.17, 15) is 24.8 Å². The van der Waals surface area contributed by atoms with Gasteiger partial charge in [0.1, 0.15) is 15.8 Å². The SMILES string of the molecule is O=C(O)[C@@H](c1ccccc1)N1C(=O)/C(=C/c2ccc(-c3ccc([N+](=O)[O-])cc3)o2)SC1=S. The molecule has 10 heteroatoms. The van der Waals surface area contributed by atoms with E-state index in [4.69, 9.17) is 16.6 Å². The number of carbonyl (C=O) groups excluding carboxylic acids is 1. The maximum absolute atomic E-state index is 13.0. The van der Waals surface area contributed by atoms with Crippen molar-refractivity contribution in [1.82, 2.24) is 4.90 Å². The Balaban J connectivity index is 1.59. The van der Waals surface area contributed by atoms with E-state index in [1.165, 1.54) is 18.2 Å². The molecule has 3 aromatic rings. The van der Waals surface area contributed by atoms with E-state index in [-0.39, 0.29) is 14.9 Å². The number of carbonyl (C=O) groups is 2. The molecule has 1 amide bonds. The highest BCUT2D eigenvalue weighted by molar-refractivity contribution is 8.26. The number of hydrogen-bond acceptors (Lipinski definition) is 7. The van der Waals surface area contributed by atoms with E-state index in [1.807, 2.05) is 0 Å². The lowest BCUT2D eigenvalue weighted by Gasteiger charge is -2.23. The van der Waals surface area contributed by atoms with Crippen LogP contribution in [-0.2, 0) is 9.59 Å². The third kappa shape index (κ3) is 4.18. The Morgan fingerprint density at radius 1 is 1.12 bits per heavy atom. The predicted octanol–water partition coefficient (Wildman–Crippen LogP) is 4.88. The number of amides is 1. The number of thioether (sulfide) groups is 1. The number of nitro benzene ring substituents is 1. The summed E-state index contributed by atoms with van der Waals surface area (Å²) in [6, 6.07) is 16.4. The number of thiocarbonyl (C=S) groups is 1. The number of carboxylic acids is 1. The molecule has 2 aromatic carbocycles. The predicted molar refractivity (Wildman–Crippen MR) is 123 cm³/mol. The number of rotatable bonds is 6. The van der Waals surface area contributed by atoms with Gasteiger partial charge in [0.2, 0.25) is 0 Å². The molecule has 1 aliphatic rings. The summed E-state index contributed by atoms with van der Waals surface area (Å²) in [6.07, 6.45) is 1.50. The van der Waals surface area contributed by atoms with Gasteiger partial charge < -0.3 is 9.52 Å². The lowest BCUT2D eigenvalue weighted by Crippen LogP contribution is -2.37. The highest BCUT2D eigenvalue weighted by Gasteiger charge is 2.41. The van der Waals surface area contributed by atoms with Gasteiger partial charge in [-0.1, -0.05) is 54.3 Å². The second-order valence-corrected chi connectivity index (χ2v) is 8.38. The fraction of sp³-hybridized carbons (Fsp3) is 0.0455. The van der Waals surface area contributed by atoms with Gasteiger partial charge in [0, 0.05) is 23.8 Å². The Morgan fingerprint density at radius 3 is 2.44 bits per heavy atom. The third-order valence-electron chi connectivity index (χ3n) is 4.69. The van der Waals surface area contributed by atoms with Gasteiger partial charge in [-0.15, -0.1) is 0 Å². The molecule has 0 aliphatic carbocycles. The number of aliphatic carboxylic acids is 1. The van der Waals surface area contributed by atoms with Crippen molar-refractivity contribution in [3.8, 4) is 11.3 Å². The van der Waals surface area contributed by atoms with Gasteiger partial charge in [-0.3, -0.25) is 19.8 Å². The number of non-ortho nitro benzene ring substituents is 1. The fourth-order valence-corrected chi connectivity index (χ4v) is 4.50. The van der Waals surface area contributed by atoms with Crippen LogP contribution in [-0.4, -0.2) is 31.1 Å². The first-order valence-corrected chi connectivity index (χ1v) is 10.5. The number of nitro groups is 1. The highest BCUT2D eigenvalue weighted by Crippen LogP contribution is 2.39. The normalized spacial score (nSPS) is 15.9. The number of furan rings is 1. The van der Waals surface area contributed by atoms with Crippen molar-refractivity contribution in [3.63, 3.8) is 0 Å². The Morgan fingerprint density at radius 2 is 1.81 bits per heavy atom. The summed E-state index contributed by atoms with van der Waals surface area (Å²) in [4.78, 5) is 36.6. The molecule has 1 aliphatic heterocycles. The second-order valence-electron chi connectivity index (χ2n) is 6.71. The molecule has 1 saturated heterocycles. The Bertz CT molecular complexity index is 1250. The average Bonchev–Trinajstić information content (AvgIpc) is 3.35. The zero-order valence-corrected chi connectivity index (χ0v) is 17.8. The van der Waals surface area contributed by atoms with Crippen LogP contribution in [0.1, 0.15) is 17.4 Å². The minimum Gasteiger partial charge on any atom is -0.479 e. The summed E-state index contributed by atoms with van der Waals surface area (Å²) in [5, 5.41) is 20.5. The van der Waals surface area contributed by atoms with Crippen molar-refractivity contribution < 1.29 is 24.0 Å². The lowest BCUT2D eigenvalue weighted by atomic mass is 10.1. The third-order valence-corrected chi connectivity index (χ3v) is 6.02. The first-order chi connectivity index (χ1) is 15.3. The molecule has 1 atom stereocenters. The van der Waals surface area contributed by atoms with E-state index in [0.29, 0.717) is 22.6 Å².